The standard InChI is InChI=1S/C21H24N4O4/c26-20(22-14-19-7-4-12-28-19)15-29-18-10-8-16(9-11-18)13-23-25-21(27)24-17-5-2-1-3-6-17/h1-3,5-6,8-11,13,19H,4,7,12,14-15H2,(H,22,26)(H2,24,25,27)/b23-13-/t19-/m0/s1. The molecule has 0 bridgehead atoms. The Morgan fingerprint density at radius 2 is 1.93 bits per heavy atom. The van der Waals surface area contributed by atoms with Crippen LogP contribution in [0.25, 0.3) is 0 Å². The maximum absolute atomic E-state index is 11.8. The smallest absolute Gasteiger partial charge is 0.339 e. The predicted molar refractivity (Wildman–Crippen MR) is 110 cm³/mol. The molecule has 3 rings (SSSR count). The van der Waals surface area contributed by atoms with E-state index in [2.05, 4.69) is 21.2 Å². The molecule has 0 spiro atoms. The quantitative estimate of drug-likeness (QED) is 0.471. The van der Waals surface area contributed by atoms with E-state index < -0.39 is 6.03 Å². The number of para-hydroxylation sites is 1. The van der Waals surface area contributed by atoms with Crippen molar-refractivity contribution < 1.29 is 19.1 Å². The minimum atomic E-state index is -0.429. The molecule has 0 saturated carbocycles. The molecule has 8 nitrogen and oxygen atoms in total. The van der Waals surface area contributed by atoms with E-state index in [1.165, 1.54) is 6.21 Å². The summed E-state index contributed by atoms with van der Waals surface area (Å²) < 4.78 is 10.9. The van der Waals surface area contributed by atoms with Gasteiger partial charge in [-0.2, -0.15) is 5.10 Å². The van der Waals surface area contributed by atoms with E-state index in [0.717, 1.165) is 25.0 Å². The second-order valence-corrected chi connectivity index (χ2v) is 6.49. The summed E-state index contributed by atoms with van der Waals surface area (Å²) in [6, 6.07) is 15.7. The monoisotopic (exact) mass is 396 g/mol. The van der Waals surface area contributed by atoms with Crippen LogP contribution in [0.4, 0.5) is 10.5 Å². The third-order valence-electron chi connectivity index (χ3n) is 4.21. The average Bonchev–Trinajstić information content (AvgIpc) is 3.26. The maximum atomic E-state index is 11.8. The summed E-state index contributed by atoms with van der Waals surface area (Å²) in [6.45, 7) is 1.23. The number of nitrogens with one attached hydrogen (secondary N) is 3. The minimum Gasteiger partial charge on any atom is -0.484 e. The van der Waals surface area contributed by atoms with E-state index in [0.29, 0.717) is 18.0 Å². The first-order valence-electron chi connectivity index (χ1n) is 9.45. The van der Waals surface area contributed by atoms with Crippen LogP contribution in [-0.4, -0.2) is 44.0 Å². The highest BCUT2D eigenvalue weighted by Crippen LogP contribution is 2.12. The van der Waals surface area contributed by atoms with Crippen LogP contribution < -0.4 is 20.8 Å². The van der Waals surface area contributed by atoms with E-state index in [9.17, 15) is 9.59 Å². The molecular formula is C21H24N4O4. The fourth-order valence-corrected chi connectivity index (χ4v) is 2.73. The van der Waals surface area contributed by atoms with Crippen molar-refractivity contribution in [2.75, 3.05) is 25.1 Å². The lowest BCUT2D eigenvalue weighted by Crippen LogP contribution is -2.35. The number of rotatable bonds is 8. The highest BCUT2D eigenvalue weighted by atomic mass is 16.5. The molecule has 0 aliphatic carbocycles. The van der Waals surface area contributed by atoms with Crippen molar-refractivity contribution in [2.24, 2.45) is 5.10 Å². The lowest BCUT2D eigenvalue weighted by Gasteiger charge is -2.11. The number of benzene rings is 2. The van der Waals surface area contributed by atoms with E-state index >= 15 is 0 Å². The molecule has 2 aromatic carbocycles. The zero-order chi connectivity index (χ0) is 20.3. The number of hydrazone groups is 1. The molecule has 0 unspecified atom stereocenters. The van der Waals surface area contributed by atoms with Crippen LogP contribution in [0, 0.1) is 0 Å². The summed E-state index contributed by atoms with van der Waals surface area (Å²) in [4.78, 5) is 23.6. The fraction of sp³-hybridized carbons (Fsp3) is 0.286. The van der Waals surface area contributed by atoms with Gasteiger partial charge in [0.2, 0.25) is 0 Å². The Morgan fingerprint density at radius 1 is 1.14 bits per heavy atom. The molecule has 8 heteroatoms. The van der Waals surface area contributed by atoms with Crippen molar-refractivity contribution in [3.63, 3.8) is 0 Å². The Kier molecular flexibility index (Phi) is 7.59. The molecule has 3 amide bonds. The summed E-state index contributed by atoms with van der Waals surface area (Å²) in [5.41, 5.74) is 3.86. The number of hydrogen-bond donors (Lipinski definition) is 3. The van der Waals surface area contributed by atoms with Gasteiger partial charge in [0, 0.05) is 18.8 Å². The van der Waals surface area contributed by atoms with Gasteiger partial charge in [0.1, 0.15) is 5.75 Å². The van der Waals surface area contributed by atoms with Crippen LogP contribution >= 0.6 is 0 Å². The fourth-order valence-electron chi connectivity index (χ4n) is 2.73. The first kappa shape index (κ1) is 20.3. The van der Waals surface area contributed by atoms with Crippen molar-refractivity contribution in [2.45, 2.75) is 18.9 Å². The molecule has 1 saturated heterocycles. The number of carbonyl (C=O) groups is 2. The lowest BCUT2D eigenvalue weighted by molar-refractivity contribution is -0.123. The first-order chi connectivity index (χ1) is 14.2. The molecule has 1 atom stereocenters. The first-order valence-corrected chi connectivity index (χ1v) is 9.45. The van der Waals surface area contributed by atoms with E-state index in [-0.39, 0.29) is 18.6 Å². The molecule has 152 valence electrons. The summed E-state index contributed by atoms with van der Waals surface area (Å²) in [5, 5.41) is 9.37. The number of ether oxygens (including phenoxy) is 2. The number of urea groups is 1. The molecule has 1 aliphatic rings. The van der Waals surface area contributed by atoms with Crippen molar-refractivity contribution in [1.29, 1.82) is 0 Å². The van der Waals surface area contributed by atoms with Gasteiger partial charge in [-0.25, -0.2) is 10.2 Å². The molecule has 3 N–H and O–H groups in total. The van der Waals surface area contributed by atoms with Gasteiger partial charge >= 0.3 is 6.03 Å². The Bertz CT molecular complexity index is 818. The molecule has 1 fully saturated rings. The highest BCUT2D eigenvalue weighted by molar-refractivity contribution is 5.90. The van der Waals surface area contributed by atoms with E-state index in [1.807, 2.05) is 18.2 Å². The zero-order valence-corrected chi connectivity index (χ0v) is 16.0. The Hall–Kier alpha value is -3.39. The van der Waals surface area contributed by atoms with Crippen molar-refractivity contribution in [1.82, 2.24) is 10.7 Å². The van der Waals surface area contributed by atoms with Crippen LogP contribution in [0.5, 0.6) is 5.75 Å². The minimum absolute atomic E-state index is 0.0542. The van der Waals surface area contributed by atoms with Gasteiger partial charge in [-0.3, -0.25) is 4.79 Å². The molecular weight excluding hydrogens is 372 g/mol. The van der Waals surface area contributed by atoms with E-state index in [1.54, 1.807) is 36.4 Å². The van der Waals surface area contributed by atoms with Gasteiger partial charge in [0.15, 0.2) is 6.61 Å². The van der Waals surface area contributed by atoms with Crippen molar-refractivity contribution >= 4 is 23.8 Å². The van der Waals surface area contributed by atoms with Crippen LogP contribution in [0.3, 0.4) is 0 Å². The van der Waals surface area contributed by atoms with Crippen LogP contribution in [0.2, 0.25) is 0 Å². The van der Waals surface area contributed by atoms with Gasteiger partial charge in [0.25, 0.3) is 5.91 Å². The van der Waals surface area contributed by atoms with Crippen LogP contribution in [0.1, 0.15) is 18.4 Å². The largest absolute Gasteiger partial charge is 0.484 e. The van der Waals surface area contributed by atoms with Crippen LogP contribution in [0.15, 0.2) is 59.7 Å². The maximum Gasteiger partial charge on any atom is 0.339 e. The molecule has 2 aromatic rings. The van der Waals surface area contributed by atoms with E-state index in [4.69, 9.17) is 9.47 Å². The SMILES string of the molecule is O=C(COc1ccc(/C=N\NC(=O)Nc2ccccc2)cc1)NC[C@@H]1CCCO1. The van der Waals surface area contributed by atoms with Gasteiger partial charge < -0.3 is 20.1 Å². The van der Waals surface area contributed by atoms with Crippen LogP contribution in [-0.2, 0) is 9.53 Å². The molecule has 29 heavy (non-hydrogen) atoms. The normalized spacial score (nSPS) is 15.8. The number of carbonyl (C=O) groups excluding carboxylic acids is 2. The topological polar surface area (TPSA) is 101 Å². The number of nitrogens with zero attached hydrogens (tertiary/aromatic N) is 1. The lowest BCUT2D eigenvalue weighted by atomic mass is 10.2. The Balaban J connectivity index is 1.36. The third-order valence-corrected chi connectivity index (χ3v) is 4.21. The van der Waals surface area contributed by atoms with Crippen molar-refractivity contribution in [3.8, 4) is 5.75 Å². The van der Waals surface area contributed by atoms with Crippen molar-refractivity contribution in [3.05, 3.63) is 60.2 Å². The van der Waals surface area contributed by atoms with Gasteiger partial charge in [-0.15, -0.1) is 0 Å². The van der Waals surface area contributed by atoms with Gasteiger partial charge in [-0.05, 0) is 54.8 Å². The number of hydrogen-bond acceptors (Lipinski definition) is 5. The molecule has 1 aliphatic heterocycles. The second-order valence-electron chi connectivity index (χ2n) is 6.49. The summed E-state index contributed by atoms with van der Waals surface area (Å²) in [6.07, 6.45) is 3.65. The van der Waals surface area contributed by atoms with Gasteiger partial charge in [0.05, 0.1) is 12.3 Å². The molecule has 1 heterocycles. The average molecular weight is 396 g/mol. The Labute approximate surface area is 169 Å². The second kappa shape index (κ2) is 10.8. The Morgan fingerprint density at radius 3 is 2.66 bits per heavy atom. The highest BCUT2D eigenvalue weighted by Gasteiger charge is 2.16. The number of anilines is 1. The van der Waals surface area contributed by atoms with Gasteiger partial charge in [-0.1, -0.05) is 18.2 Å². The summed E-state index contributed by atoms with van der Waals surface area (Å²) >= 11 is 0. The number of amides is 3. The predicted octanol–water partition coefficient (Wildman–Crippen LogP) is 2.52. The summed E-state index contributed by atoms with van der Waals surface area (Å²) in [7, 11) is 0. The third kappa shape index (κ3) is 7.27. The molecule has 0 aromatic heterocycles. The molecule has 0 radical (unpaired) electrons. The summed E-state index contributed by atoms with van der Waals surface area (Å²) in [5.74, 6) is 0.393. The zero-order valence-electron chi connectivity index (χ0n) is 16.0.